The van der Waals surface area contributed by atoms with E-state index >= 15 is 0 Å². The summed E-state index contributed by atoms with van der Waals surface area (Å²) in [5.41, 5.74) is 5.33. The van der Waals surface area contributed by atoms with Gasteiger partial charge in [-0.25, -0.2) is 4.57 Å². The Kier molecular flexibility index (Phi) is 36.1. The molecule has 0 spiro atoms. The van der Waals surface area contributed by atoms with Gasteiger partial charge >= 0.3 is 19.8 Å². The van der Waals surface area contributed by atoms with Crippen LogP contribution < -0.4 is 5.73 Å². The van der Waals surface area contributed by atoms with Crippen molar-refractivity contribution in [2.24, 2.45) is 5.73 Å². The van der Waals surface area contributed by atoms with Gasteiger partial charge in [0.2, 0.25) is 0 Å². The topological polar surface area (TPSA) is 155 Å². The molecule has 3 unspecified atom stereocenters. The zero-order valence-corrected chi connectivity index (χ0v) is 34.1. The van der Waals surface area contributed by atoms with Gasteiger partial charge in [0.05, 0.1) is 19.8 Å². The van der Waals surface area contributed by atoms with Crippen molar-refractivity contribution in [1.82, 2.24) is 0 Å². The van der Waals surface area contributed by atoms with E-state index in [2.05, 4.69) is 128 Å². The molecule has 0 aromatic heterocycles. The van der Waals surface area contributed by atoms with Crippen molar-refractivity contribution in [2.75, 3.05) is 26.4 Å². The van der Waals surface area contributed by atoms with Crippen molar-refractivity contribution in [1.29, 1.82) is 0 Å². The van der Waals surface area contributed by atoms with E-state index in [9.17, 15) is 19.0 Å². The van der Waals surface area contributed by atoms with Gasteiger partial charge in [-0.1, -0.05) is 135 Å². The highest BCUT2D eigenvalue weighted by Gasteiger charge is 2.27. The summed E-state index contributed by atoms with van der Waals surface area (Å²) < 4.78 is 33.1. The summed E-state index contributed by atoms with van der Waals surface area (Å²) in [6, 6.07) is -1.50. The molecule has 0 saturated carbocycles. The standard InChI is InChI=1S/C44H68NO9P/c1-3-5-7-9-11-13-15-17-18-19-20-21-22-23-25-27-29-31-33-35-37-51-38-41(39-52-55(49,50)53-40-42(45)44(47)48)54-43(46)36-34-32-30-28-26-24-16-14-12-10-8-6-4-2/h5-8,11-14,17-18,20-21,23-26,29-32,41-42H,3-4,9-10,15-16,19,22,27-28,33-40,45H2,1-2H3,(H,47,48)(H,49,50)/b7-5-,8-6-,13-11-,14-12-,18-17-,21-20-,25-23-,26-24-,31-29-,32-30-. The number of phosphoric ester groups is 1. The molecule has 0 aromatic carbocycles. The first-order valence-corrected chi connectivity index (χ1v) is 21.1. The number of allylic oxidation sites excluding steroid dienone is 20. The van der Waals surface area contributed by atoms with Gasteiger partial charge in [-0.15, -0.1) is 0 Å². The van der Waals surface area contributed by atoms with E-state index in [1.54, 1.807) is 0 Å². The lowest BCUT2D eigenvalue weighted by molar-refractivity contribution is -0.154. The number of phosphoric acid groups is 1. The molecule has 0 fully saturated rings. The molecular formula is C44H68NO9P. The molecule has 11 heteroatoms. The number of carbonyl (C=O) groups excluding carboxylic acids is 1. The SMILES string of the molecule is CC/C=C\C/C=C\C/C=C\C/C=C\C/C=C\C/C=C\CCCOCC(COP(=O)(O)OCC(N)C(=O)O)OC(=O)CC/C=C\C/C=C\C/C=C\C/C=C\CC. The normalized spacial score (nSPS) is 15.3. The van der Waals surface area contributed by atoms with Gasteiger partial charge < -0.3 is 25.2 Å². The smallest absolute Gasteiger partial charge is 0.472 e. The van der Waals surface area contributed by atoms with Crippen LogP contribution in [0.2, 0.25) is 0 Å². The minimum Gasteiger partial charge on any atom is -0.480 e. The molecule has 0 rings (SSSR count). The Morgan fingerprint density at radius 3 is 1.38 bits per heavy atom. The van der Waals surface area contributed by atoms with Crippen LogP contribution >= 0.6 is 7.82 Å². The fraction of sp³-hybridized carbons (Fsp3) is 0.500. The molecule has 0 amide bonds. The molecule has 308 valence electrons. The maximum Gasteiger partial charge on any atom is 0.472 e. The van der Waals surface area contributed by atoms with Crippen LogP contribution in [0.4, 0.5) is 0 Å². The second-order valence-electron chi connectivity index (χ2n) is 12.3. The second kappa shape index (κ2) is 38.6. The van der Waals surface area contributed by atoms with Crippen molar-refractivity contribution in [3.05, 3.63) is 122 Å². The highest BCUT2D eigenvalue weighted by atomic mass is 31.2. The lowest BCUT2D eigenvalue weighted by Gasteiger charge is -2.20. The minimum absolute atomic E-state index is 0.0614. The van der Waals surface area contributed by atoms with E-state index in [0.717, 1.165) is 77.0 Å². The number of aliphatic carboxylic acids is 1. The molecule has 0 saturated heterocycles. The van der Waals surface area contributed by atoms with Gasteiger partial charge in [0.25, 0.3) is 0 Å². The zero-order valence-electron chi connectivity index (χ0n) is 33.2. The third-order valence-electron chi connectivity index (χ3n) is 7.25. The van der Waals surface area contributed by atoms with E-state index in [1.165, 1.54) is 0 Å². The second-order valence-corrected chi connectivity index (χ2v) is 13.7. The lowest BCUT2D eigenvalue weighted by Crippen LogP contribution is -2.34. The molecule has 0 heterocycles. The van der Waals surface area contributed by atoms with Crippen LogP contribution in [0.5, 0.6) is 0 Å². The van der Waals surface area contributed by atoms with Crippen molar-refractivity contribution < 1.29 is 42.7 Å². The number of hydrogen-bond donors (Lipinski definition) is 3. The first kappa shape index (κ1) is 51.4. The molecule has 55 heavy (non-hydrogen) atoms. The van der Waals surface area contributed by atoms with E-state index < -0.39 is 45.1 Å². The quantitative estimate of drug-likeness (QED) is 0.0245. The van der Waals surface area contributed by atoms with Gasteiger partial charge in [0.15, 0.2) is 0 Å². The molecule has 0 aromatic rings. The Labute approximate surface area is 331 Å². The Balaban J connectivity index is 4.52. The van der Waals surface area contributed by atoms with E-state index in [1.807, 2.05) is 12.2 Å². The Bertz CT molecular complexity index is 1320. The molecule has 4 N–H and O–H groups in total. The van der Waals surface area contributed by atoms with Crippen LogP contribution in [0.25, 0.3) is 0 Å². The van der Waals surface area contributed by atoms with Crippen LogP contribution in [0, 0.1) is 0 Å². The van der Waals surface area contributed by atoms with Crippen molar-refractivity contribution in [3.63, 3.8) is 0 Å². The van der Waals surface area contributed by atoms with Crippen molar-refractivity contribution >= 4 is 19.8 Å². The van der Waals surface area contributed by atoms with Crippen molar-refractivity contribution in [3.8, 4) is 0 Å². The monoisotopic (exact) mass is 785 g/mol. The third-order valence-corrected chi connectivity index (χ3v) is 8.20. The van der Waals surface area contributed by atoms with Gasteiger partial charge in [-0.2, -0.15) is 0 Å². The lowest BCUT2D eigenvalue weighted by atomic mass is 10.2. The van der Waals surface area contributed by atoms with E-state index in [4.69, 9.17) is 24.8 Å². The largest absolute Gasteiger partial charge is 0.480 e. The average Bonchev–Trinajstić information content (AvgIpc) is 3.16. The maximum absolute atomic E-state index is 12.5. The van der Waals surface area contributed by atoms with Gasteiger partial charge in [-0.3, -0.25) is 18.6 Å². The number of hydrogen-bond acceptors (Lipinski definition) is 8. The third kappa shape index (κ3) is 38.4. The Morgan fingerprint density at radius 1 is 0.582 bits per heavy atom. The summed E-state index contributed by atoms with van der Waals surface area (Å²) in [5.74, 6) is -1.91. The number of carbonyl (C=O) groups is 2. The number of carboxylic acid groups (broad SMARTS) is 1. The summed E-state index contributed by atoms with van der Waals surface area (Å²) in [7, 11) is -4.66. The molecule has 0 aliphatic heterocycles. The van der Waals surface area contributed by atoms with E-state index in [-0.39, 0.29) is 13.0 Å². The molecule has 3 atom stereocenters. The number of ether oxygens (including phenoxy) is 2. The highest BCUT2D eigenvalue weighted by Crippen LogP contribution is 2.43. The van der Waals surface area contributed by atoms with Crippen LogP contribution in [0.3, 0.4) is 0 Å². The Hall–Kier alpha value is -3.63. The molecule has 0 aliphatic carbocycles. The number of nitrogens with two attached hydrogens (primary N) is 1. The molecule has 0 radical (unpaired) electrons. The van der Waals surface area contributed by atoms with Crippen molar-refractivity contribution in [2.45, 2.75) is 116 Å². The summed E-state index contributed by atoms with van der Waals surface area (Å²) in [6.07, 6.45) is 52.9. The predicted octanol–water partition coefficient (Wildman–Crippen LogP) is 10.5. The van der Waals surface area contributed by atoms with Gasteiger partial charge in [0, 0.05) is 13.0 Å². The van der Waals surface area contributed by atoms with Crippen LogP contribution in [0.1, 0.15) is 104 Å². The first-order chi connectivity index (χ1) is 26.7. The average molecular weight is 786 g/mol. The van der Waals surface area contributed by atoms with Gasteiger partial charge in [-0.05, 0) is 83.5 Å². The minimum atomic E-state index is -4.66. The van der Waals surface area contributed by atoms with Gasteiger partial charge in [0.1, 0.15) is 12.1 Å². The molecule has 10 nitrogen and oxygen atoms in total. The van der Waals surface area contributed by atoms with Crippen LogP contribution in [0.15, 0.2) is 122 Å². The number of unbranched alkanes of at least 4 members (excludes halogenated alkanes) is 1. The predicted molar refractivity (Wildman–Crippen MR) is 225 cm³/mol. The zero-order chi connectivity index (χ0) is 40.5. The summed E-state index contributed by atoms with van der Waals surface area (Å²) >= 11 is 0. The summed E-state index contributed by atoms with van der Waals surface area (Å²) in [6.45, 7) is 3.35. The number of esters is 1. The molecule has 0 bridgehead atoms. The number of rotatable bonds is 35. The van der Waals surface area contributed by atoms with Crippen LogP contribution in [-0.4, -0.2) is 60.5 Å². The molecule has 0 aliphatic rings. The van der Waals surface area contributed by atoms with Crippen LogP contribution in [-0.2, 0) is 32.7 Å². The molecular weight excluding hydrogens is 717 g/mol. The summed E-state index contributed by atoms with van der Waals surface area (Å²) in [5, 5.41) is 8.87. The fourth-order valence-corrected chi connectivity index (χ4v) is 5.06. The maximum atomic E-state index is 12.5. The Morgan fingerprint density at radius 2 is 0.964 bits per heavy atom. The first-order valence-electron chi connectivity index (χ1n) is 19.6. The highest BCUT2D eigenvalue weighted by molar-refractivity contribution is 7.47. The number of carboxylic acids is 1. The fourth-order valence-electron chi connectivity index (χ4n) is 4.28. The summed E-state index contributed by atoms with van der Waals surface area (Å²) in [4.78, 5) is 33.4. The van der Waals surface area contributed by atoms with E-state index in [0.29, 0.717) is 13.0 Å².